The summed E-state index contributed by atoms with van der Waals surface area (Å²) in [6.07, 6.45) is 6.62. The van der Waals surface area contributed by atoms with Gasteiger partial charge in [0.2, 0.25) is 0 Å². The van der Waals surface area contributed by atoms with E-state index in [1.807, 2.05) is 17.2 Å². The van der Waals surface area contributed by atoms with Crippen LogP contribution in [0.2, 0.25) is 0 Å². The number of hydrogen-bond acceptors (Lipinski definition) is 5. The number of hydrazone groups is 1. The van der Waals surface area contributed by atoms with Crippen LogP contribution in [-0.2, 0) is 0 Å². The van der Waals surface area contributed by atoms with E-state index in [0.717, 1.165) is 47.0 Å². The molecule has 3 saturated carbocycles. The van der Waals surface area contributed by atoms with Crippen molar-refractivity contribution in [1.82, 2.24) is 14.9 Å². The fraction of sp³-hybridized carbons (Fsp3) is 0.600. The van der Waals surface area contributed by atoms with Gasteiger partial charge >= 0.3 is 7.05 Å². The molecule has 140 valence electrons. The molecule has 27 heavy (non-hydrogen) atoms. The maximum atomic E-state index is 11.0. The van der Waals surface area contributed by atoms with E-state index in [4.69, 9.17) is 5.10 Å². The highest BCUT2D eigenvalue weighted by Crippen LogP contribution is 2.83. The predicted molar refractivity (Wildman–Crippen MR) is 105 cm³/mol. The quantitative estimate of drug-likeness (QED) is 0.705. The Hall–Kier alpha value is -1.86. The van der Waals surface area contributed by atoms with Crippen molar-refractivity contribution in [2.24, 2.45) is 28.3 Å². The lowest BCUT2D eigenvalue weighted by molar-refractivity contribution is 0.0646. The van der Waals surface area contributed by atoms with Crippen molar-refractivity contribution in [3.05, 3.63) is 24.0 Å². The summed E-state index contributed by atoms with van der Waals surface area (Å²) in [4.78, 5) is 9.53. The van der Waals surface area contributed by atoms with Crippen molar-refractivity contribution in [3.8, 4) is 0 Å². The molecule has 1 spiro atoms. The van der Waals surface area contributed by atoms with E-state index >= 15 is 0 Å². The van der Waals surface area contributed by atoms with Crippen LogP contribution in [-0.4, -0.2) is 49.4 Å². The van der Waals surface area contributed by atoms with Gasteiger partial charge in [-0.15, -0.1) is 0 Å². The monoisotopic (exact) mass is 364 g/mol. The number of nitrogens with zero attached hydrogens (tertiary/aromatic N) is 3. The van der Waals surface area contributed by atoms with Crippen LogP contribution >= 0.6 is 0 Å². The van der Waals surface area contributed by atoms with Gasteiger partial charge in [0.15, 0.2) is 0 Å². The third-order valence-corrected chi connectivity index (χ3v) is 7.72. The van der Waals surface area contributed by atoms with Crippen molar-refractivity contribution < 1.29 is 10.1 Å². The summed E-state index contributed by atoms with van der Waals surface area (Å²) in [5, 5.41) is 27.9. The van der Waals surface area contributed by atoms with Crippen molar-refractivity contribution >= 4 is 29.3 Å². The molecule has 0 saturated heterocycles. The topological polar surface area (TPSA) is 84.7 Å². The van der Waals surface area contributed by atoms with E-state index in [-0.39, 0.29) is 11.5 Å². The molecule has 1 aliphatic heterocycles. The van der Waals surface area contributed by atoms with Gasteiger partial charge in [-0.05, 0) is 51.0 Å². The zero-order valence-corrected chi connectivity index (χ0v) is 16.0. The summed E-state index contributed by atoms with van der Waals surface area (Å²) in [6.45, 7) is 6.37. The Bertz CT molecular complexity index is 1000. The van der Waals surface area contributed by atoms with E-state index in [0.29, 0.717) is 17.8 Å². The number of aromatic amines is 1. The summed E-state index contributed by atoms with van der Waals surface area (Å²) in [7, 11) is -0.777. The van der Waals surface area contributed by atoms with E-state index in [1.54, 1.807) is 6.20 Å². The first kappa shape index (κ1) is 16.1. The molecule has 7 heteroatoms. The van der Waals surface area contributed by atoms with Crippen molar-refractivity contribution in [2.75, 3.05) is 0 Å². The lowest BCUT2D eigenvalue weighted by Crippen LogP contribution is -2.55. The SMILES string of the molecule is CC(C)N1N=C([C@H]2[C@H](C)C[C@]3(O)CC34C[C@H]24)c2c(cnc3[nH]ccc23)B1O. The summed E-state index contributed by atoms with van der Waals surface area (Å²) in [6, 6.07) is 2.13. The van der Waals surface area contributed by atoms with Gasteiger partial charge in [0.25, 0.3) is 0 Å². The van der Waals surface area contributed by atoms with Gasteiger partial charge in [-0.25, -0.2) is 4.98 Å². The largest absolute Gasteiger partial charge is 0.468 e. The minimum atomic E-state index is -0.777. The van der Waals surface area contributed by atoms with Crippen LogP contribution in [0.25, 0.3) is 11.0 Å². The van der Waals surface area contributed by atoms with Gasteiger partial charge in [-0.1, -0.05) is 6.92 Å². The van der Waals surface area contributed by atoms with Crippen molar-refractivity contribution in [2.45, 2.75) is 51.7 Å². The standard InChI is InChI=1S/C20H25BN4O2/c1-10(2)25-21(27)14-8-23-18-12(4-5-22-18)16(14)17(24-25)15-11(3)6-20(26)9-19(20)7-13(15)19/h4-5,8,10-11,13,15,26-27H,6-7,9H2,1-3H3,(H,22,23)/t11-,13-,15+,19?,20+/m1/s1. The molecule has 0 amide bonds. The molecule has 2 aromatic heterocycles. The van der Waals surface area contributed by atoms with Gasteiger partial charge < -0.3 is 20.0 Å². The Kier molecular flexibility index (Phi) is 2.84. The third kappa shape index (κ3) is 1.84. The molecule has 5 atom stereocenters. The maximum absolute atomic E-state index is 11.0. The smallest absolute Gasteiger partial charge is 0.428 e. The second kappa shape index (κ2) is 4.76. The minimum Gasteiger partial charge on any atom is -0.428 e. The lowest BCUT2D eigenvalue weighted by atomic mass is 9.65. The zero-order valence-electron chi connectivity index (χ0n) is 16.0. The van der Waals surface area contributed by atoms with Crippen molar-refractivity contribution in [3.63, 3.8) is 0 Å². The Morgan fingerprint density at radius 1 is 1.37 bits per heavy atom. The molecule has 3 fully saturated rings. The summed E-state index contributed by atoms with van der Waals surface area (Å²) >= 11 is 0. The fourth-order valence-corrected chi connectivity index (χ4v) is 6.32. The van der Waals surface area contributed by atoms with Crippen LogP contribution in [0, 0.1) is 23.2 Å². The molecule has 6 rings (SSSR count). The fourth-order valence-electron chi connectivity index (χ4n) is 6.32. The first-order valence-electron chi connectivity index (χ1n) is 10.1. The van der Waals surface area contributed by atoms with Gasteiger partial charge in [-0.2, -0.15) is 5.10 Å². The number of nitrogens with one attached hydrogen (secondary N) is 1. The lowest BCUT2D eigenvalue weighted by Gasteiger charge is -2.38. The summed E-state index contributed by atoms with van der Waals surface area (Å²) < 4.78 is 0. The second-order valence-corrected chi connectivity index (χ2v) is 9.54. The summed E-state index contributed by atoms with van der Waals surface area (Å²) in [5.74, 6) is 1.20. The molecule has 0 aromatic carbocycles. The first-order valence-corrected chi connectivity index (χ1v) is 10.1. The number of H-pyrrole nitrogens is 1. The number of hydrogen-bond donors (Lipinski definition) is 3. The average molecular weight is 364 g/mol. The molecule has 2 aromatic rings. The van der Waals surface area contributed by atoms with Crippen LogP contribution in [0.5, 0.6) is 0 Å². The summed E-state index contributed by atoms with van der Waals surface area (Å²) in [5.41, 5.74) is 3.54. The van der Waals surface area contributed by atoms with E-state index in [1.165, 1.54) is 0 Å². The number of pyridine rings is 1. The van der Waals surface area contributed by atoms with Crippen molar-refractivity contribution in [1.29, 1.82) is 0 Å². The third-order valence-electron chi connectivity index (χ3n) is 7.72. The normalized spacial score (nSPS) is 39.2. The molecule has 0 radical (unpaired) electrons. The molecular weight excluding hydrogens is 339 g/mol. The second-order valence-electron chi connectivity index (χ2n) is 9.54. The van der Waals surface area contributed by atoms with Gasteiger partial charge in [0.05, 0.1) is 11.3 Å². The van der Waals surface area contributed by atoms with Crippen LogP contribution in [0.15, 0.2) is 23.6 Å². The number of fused-ring (bicyclic) bond motifs is 3. The molecule has 0 bridgehead atoms. The molecule has 3 aliphatic carbocycles. The minimum absolute atomic E-state index is 0.0926. The maximum Gasteiger partial charge on any atom is 0.468 e. The molecule has 3 heterocycles. The number of aromatic nitrogens is 2. The van der Waals surface area contributed by atoms with Gasteiger partial charge in [0, 0.05) is 46.2 Å². The Balaban J connectivity index is 1.55. The van der Waals surface area contributed by atoms with Crippen LogP contribution in [0.3, 0.4) is 0 Å². The molecule has 4 aliphatic rings. The Morgan fingerprint density at radius 2 is 2.19 bits per heavy atom. The van der Waals surface area contributed by atoms with Gasteiger partial charge in [-0.3, -0.25) is 0 Å². The van der Waals surface area contributed by atoms with Crippen LogP contribution in [0.4, 0.5) is 0 Å². The first-order chi connectivity index (χ1) is 12.9. The highest BCUT2D eigenvalue weighted by molar-refractivity contribution is 6.66. The van der Waals surface area contributed by atoms with E-state index in [9.17, 15) is 10.1 Å². The Morgan fingerprint density at radius 3 is 2.96 bits per heavy atom. The van der Waals surface area contributed by atoms with Crippen LogP contribution in [0.1, 0.15) is 45.6 Å². The highest BCUT2D eigenvalue weighted by Gasteiger charge is 2.83. The number of rotatable bonds is 2. The van der Waals surface area contributed by atoms with Gasteiger partial charge in [0.1, 0.15) is 5.65 Å². The molecule has 1 unspecified atom stereocenters. The Labute approximate surface area is 158 Å². The predicted octanol–water partition coefficient (Wildman–Crippen LogP) is 1.48. The highest BCUT2D eigenvalue weighted by atomic mass is 16.3. The molecule has 6 nitrogen and oxygen atoms in total. The number of aliphatic hydroxyl groups is 1. The van der Waals surface area contributed by atoms with Crippen LogP contribution < -0.4 is 5.46 Å². The molecule has 3 N–H and O–H groups in total. The average Bonchev–Trinajstić information content (AvgIpc) is 3.37. The van der Waals surface area contributed by atoms with E-state index in [2.05, 4.69) is 30.7 Å². The molecular formula is C20H25BN4O2. The zero-order chi connectivity index (χ0) is 18.7. The van der Waals surface area contributed by atoms with E-state index < -0.39 is 12.7 Å².